The molecule has 1 aromatic heterocycles. The van der Waals surface area contributed by atoms with Gasteiger partial charge in [0.1, 0.15) is 5.82 Å². The Bertz CT molecular complexity index is 687. The summed E-state index contributed by atoms with van der Waals surface area (Å²) in [7, 11) is 0. The van der Waals surface area contributed by atoms with E-state index in [-0.39, 0.29) is 42.8 Å². The summed E-state index contributed by atoms with van der Waals surface area (Å²) in [5.41, 5.74) is -0.967. The molecule has 2 heterocycles. The number of carbonyl (C=O) groups is 2. The first-order valence-corrected chi connectivity index (χ1v) is 8.08. The molecule has 7 nitrogen and oxygen atoms in total. The van der Waals surface area contributed by atoms with E-state index in [0.29, 0.717) is 6.20 Å². The topological polar surface area (TPSA) is 91.8 Å². The number of halogens is 4. The van der Waals surface area contributed by atoms with Gasteiger partial charge >= 0.3 is 12.1 Å². The second-order valence-corrected chi connectivity index (χ2v) is 6.21. The monoisotopic (exact) mass is 395 g/mol. The highest BCUT2D eigenvalue weighted by Crippen LogP contribution is 2.32. The van der Waals surface area contributed by atoms with E-state index in [0.717, 1.165) is 6.07 Å². The summed E-state index contributed by atoms with van der Waals surface area (Å²) in [5, 5.41) is 11.5. The minimum atomic E-state index is -4.54. The number of pyridine rings is 1. The molecule has 1 aliphatic heterocycles. The number of carboxylic acid groups (broad SMARTS) is 1. The van der Waals surface area contributed by atoms with Gasteiger partial charge in [0, 0.05) is 25.7 Å². The Kier molecular flexibility index (Phi) is 6.30. The van der Waals surface area contributed by atoms with Crippen molar-refractivity contribution in [2.75, 3.05) is 25.0 Å². The smallest absolute Gasteiger partial charge is 0.417 e. The van der Waals surface area contributed by atoms with Gasteiger partial charge in [0.05, 0.1) is 23.2 Å². The molecule has 1 aromatic rings. The zero-order valence-electron chi connectivity index (χ0n) is 13.7. The second-order valence-electron chi connectivity index (χ2n) is 5.80. The van der Waals surface area contributed by atoms with Crippen LogP contribution in [0.4, 0.5) is 19.0 Å². The molecule has 2 N–H and O–H groups in total. The molecule has 2 atom stereocenters. The lowest BCUT2D eigenvalue weighted by molar-refractivity contribution is -0.166. The van der Waals surface area contributed by atoms with Gasteiger partial charge in [0.2, 0.25) is 5.91 Å². The lowest BCUT2D eigenvalue weighted by atomic mass is 10.2. The average Bonchev–Trinajstić information content (AvgIpc) is 2.54. The number of alkyl halides is 3. The number of nitrogens with zero attached hydrogens (tertiary/aromatic N) is 2. The van der Waals surface area contributed by atoms with Gasteiger partial charge in [0.25, 0.3) is 0 Å². The first kappa shape index (κ1) is 20.2. The van der Waals surface area contributed by atoms with Crippen molar-refractivity contribution in [2.24, 2.45) is 0 Å². The highest BCUT2D eigenvalue weighted by atomic mass is 35.5. The van der Waals surface area contributed by atoms with Crippen LogP contribution >= 0.6 is 11.6 Å². The SMILES string of the molecule is C[C@@H]1CN(C(=O)CCNc2ncc(C(F)(F)F)cc2Cl)CC(C(=O)O)O1. The Morgan fingerprint density at radius 2 is 2.15 bits per heavy atom. The number of morpholine rings is 1. The Morgan fingerprint density at radius 1 is 1.46 bits per heavy atom. The van der Waals surface area contributed by atoms with Crippen LogP contribution < -0.4 is 5.32 Å². The largest absolute Gasteiger partial charge is 0.479 e. The molecule has 0 radical (unpaired) electrons. The predicted molar refractivity (Wildman–Crippen MR) is 85.9 cm³/mol. The quantitative estimate of drug-likeness (QED) is 0.794. The summed E-state index contributed by atoms with van der Waals surface area (Å²) in [5.74, 6) is -1.42. The summed E-state index contributed by atoms with van der Waals surface area (Å²) in [6, 6.07) is 0.750. The summed E-state index contributed by atoms with van der Waals surface area (Å²) in [6.45, 7) is 1.96. The van der Waals surface area contributed by atoms with E-state index in [2.05, 4.69) is 10.3 Å². The Balaban J connectivity index is 1.89. The molecule has 1 aliphatic rings. The van der Waals surface area contributed by atoms with Crippen LogP contribution in [0.3, 0.4) is 0 Å². The van der Waals surface area contributed by atoms with Crippen molar-refractivity contribution in [3.8, 4) is 0 Å². The van der Waals surface area contributed by atoms with Crippen LogP contribution in [0.25, 0.3) is 0 Å². The normalized spacial score (nSPS) is 20.7. The van der Waals surface area contributed by atoms with E-state index in [1.54, 1.807) is 6.92 Å². The first-order valence-electron chi connectivity index (χ1n) is 7.70. The van der Waals surface area contributed by atoms with Crippen molar-refractivity contribution in [3.05, 3.63) is 22.8 Å². The molecule has 11 heteroatoms. The molecular weight excluding hydrogens is 379 g/mol. The van der Waals surface area contributed by atoms with Gasteiger partial charge in [-0.2, -0.15) is 13.2 Å². The number of carboxylic acids is 1. The predicted octanol–water partition coefficient (Wildman–Crippen LogP) is 2.26. The number of ether oxygens (including phenoxy) is 1. The molecule has 144 valence electrons. The number of rotatable bonds is 5. The van der Waals surface area contributed by atoms with Crippen LogP contribution in [0, 0.1) is 0 Å². The minimum Gasteiger partial charge on any atom is -0.479 e. The second kappa shape index (κ2) is 8.09. The number of hydrogen-bond donors (Lipinski definition) is 2. The minimum absolute atomic E-state index is 0.00189. The third kappa shape index (κ3) is 5.21. The van der Waals surface area contributed by atoms with Gasteiger partial charge in [0.15, 0.2) is 6.10 Å². The van der Waals surface area contributed by atoms with E-state index in [1.807, 2.05) is 0 Å². The zero-order chi connectivity index (χ0) is 19.5. The maximum Gasteiger partial charge on any atom is 0.417 e. The molecule has 1 amide bonds. The maximum atomic E-state index is 12.6. The standard InChI is InChI=1S/C15H17ClF3N3O4/c1-8-6-22(7-11(26-8)14(24)25)12(23)2-3-20-13-10(16)4-9(5-21-13)15(17,18)19/h4-5,8,11H,2-3,6-7H2,1H3,(H,20,21)(H,24,25)/t8-,11?/m1/s1. The molecule has 1 fully saturated rings. The molecule has 2 rings (SSSR count). The molecule has 0 spiro atoms. The van der Waals surface area contributed by atoms with Gasteiger partial charge < -0.3 is 20.1 Å². The van der Waals surface area contributed by atoms with Crippen molar-refractivity contribution in [1.82, 2.24) is 9.88 Å². The van der Waals surface area contributed by atoms with E-state index in [1.165, 1.54) is 4.90 Å². The van der Waals surface area contributed by atoms with Gasteiger partial charge in [-0.05, 0) is 13.0 Å². The number of amides is 1. The van der Waals surface area contributed by atoms with Crippen molar-refractivity contribution in [2.45, 2.75) is 31.7 Å². The fraction of sp³-hybridized carbons (Fsp3) is 0.533. The summed E-state index contributed by atoms with van der Waals surface area (Å²) in [4.78, 5) is 28.2. The van der Waals surface area contributed by atoms with E-state index in [4.69, 9.17) is 21.4 Å². The molecule has 0 aliphatic carbocycles. The molecular formula is C15H17ClF3N3O4. The Morgan fingerprint density at radius 3 is 2.73 bits per heavy atom. The van der Waals surface area contributed by atoms with Crippen LogP contribution in [0.2, 0.25) is 5.02 Å². The summed E-state index contributed by atoms with van der Waals surface area (Å²) >= 11 is 5.77. The fourth-order valence-corrected chi connectivity index (χ4v) is 2.69. The third-order valence-electron chi connectivity index (χ3n) is 3.69. The molecule has 0 saturated carbocycles. The Labute approximate surface area is 152 Å². The van der Waals surface area contributed by atoms with Gasteiger partial charge in [-0.25, -0.2) is 9.78 Å². The molecule has 26 heavy (non-hydrogen) atoms. The first-order chi connectivity index (χ1) is 12.1. The van der Waals surface area contributed by atoms with E-state index < -0.39 is 29.9 Å². The molecule has 1 saturated heterocycles. The van der Waals surface area contributed by atoms with Crippen LogP contribution in [-0.2, 0) is 20.5 Å². The van der Waals surface area contributed by atoms with Crippen LogP contribution in [0.15, 0.2) is 12.3 Å². The number of aliphatic carboxylic acids is 1. The molecule has 1 unspecified atom stereocenters. The molecule has 0 aromatic carbocycles. The van der Waals surface area contributed by atoms with Crippen LogP contribution in [-0.4, -0.2) is 58.7 Å². The summed E-state index contributed by atoms with van der Waals surface area (Å²) in [6.07, 6.45) is -5.39. The number of anilines is 1. The van der Waals surface area contributed by atoms with Crippen LogP contribution in [0.5, 0.6) is 0 Å². The van der Waals surface area contributed by atoms with Gasteiger partial charge in [-0.1, -0.05) is 11.6 Å². The number of carbonyl (C=O) groups excluding carboxylic acids is 1. The van der Waals surface area contributed by atoms with Crippen molar-refractivity contribution in [1.29, 1.82) is 0 Å². The van der Waals surface area contributed by atoms with E-state index >= 15 is 0 Å². The number of nitrogens with one attached hydrogen (secondary N) is 1. The number of aromatic nitrogens is 1. The maximum absolute atomic E-state index is 12.6. The van der Waals surface area contributed by atoms with E-state index in [9.17, 15) is 22.8 Å². The van der Waals surface area contributed by atoms with Crippen LogP contribution in [0.1, 0.15) is 18.9 Å². The highest BCUT2D eigenvalue weighted by molar-refractivity contribution is 6.32. The lowest BCUT2D eigenvalue weighted by Crippen LogP contribution is -2.52. The lowest BCUT2D eigenvalue weighted by Gasteiger charge is -2.35. The van der Waals surface area contributed by atoms with Gasteiger partial charge in [-0.15, -0.1) is 0 Å². The van der Waals surface area contributed by atoms with Gasteiger partial charge in [-0.3, -0.25) is 4.79 Å². The third-order valence-corrected chi connectivity index (χ3v) is 3.98. The Hall–Kier alpha value is -2.07. The average molecular weight is 396 g/mol. The zero-order valence-corrected chi connectivity index (χ0v) is 14.5. The summed E-state index contributed by atoms with van der Waals surface area (Å²) < 4.78 is 42.9. The number of hydrogen-bond acceptors (Lipinski definition) is 5. The molecule has 0 bridgehead atoms. The van der Waals surface area contributed by atoms with Crippen molar-refractivity contribution >= 4 is 29.3 Å². The van der Waals surface area contributed by atoms with Crippen molar-refractivity contribution < 1.29 is 32.6 Å². The highest BCUT2D eigenvalue weighted by Gasteiger charge is 2.33. The fourth-order valence-electron chi connectivity index (χ4n) is 2.46. The van der Waals surface area contributed by atoms with Crippen molar-refractivity contribution in [3.63, 3.8) is 0 Å².